The molecule has 1 aromatic carbocycles. The Hall–Kier alpha value is -1.06. The molecule has 1 fully saturated rings. The summed E-state index contributed by atoms with van der Waals surface area (Å²) in [5.41, 5.74) is 6.79. The molecule has 2 rings (SSSR count). The van der Waals surface area contributed by atoms with Gasteiger partial charge in [0, 0.05) is 6.04 Å². The molecule has 100 valence electrons. The largest absolute Gasteiger partial charge is 0.352 e. The molecule has 1 aliphatic carbocycles. The monoisotopic (exact) mass is 268 g/mol. The number of amides is 1. The number of hydrogen-bond donors (Lipinski definition) is 2. The molecule has 0 aromatic heterocycles. The first-order valence-electron chi connectivity index (χ1n) is 6.27. The van der Waals surface area contributed by atoms with E-state index in [1.165, 1.54) is 12.8 Å². The molecule has 0 spiro atoms. The van der Waals surface area contributed by atoms with E-state index in [1.54, 1.807) is 0 Å². The van der Waals surface area contributed by atoms with Gasteiger partial charge in [-0.1, -0.05) is 43.2 Å². The van der Waals surface area contributed by atoms with E-state index < -0.39 is 6.04 Å². The summed E-state index contributed by atoms with van der Waals surface area (Å²) >= 11 is 0. The van der Waals surface area contributed by atoms with Crippen LogP contribution in [-0.2, 0) is 4.79 Å². The van der Waals surface area contributed by atoms with Gasteiger partial charge in [0.05, 0.1) is 0 Å². The average molecular weight is 269 g/mol. The topological polar surface area (TPSA) is 55.1 Å². The van der Waals surface area contributed by atoms with Gasteiger partial charge in [-0.15, -0.1) is 12.4 Å². The van der Waals surface area contributed by atoms with Gasteiger partial charge >= 0.3 is 0 Å². The highest BCUT2D eigenvalue weighted by atomic mass is 35.5. The van der Waals surface area contributed by atoms with Gasteiger partial charge in [0.1, 0.15) is 6.04 Å². The van der Waals surface area contributed by atoms with Crippen LogP contribution in [0.15, 0.2) is 30.3 Å². The molecule has 0 saturated heterocycles. The van der Waals surface area contributed by atoms with Gasteiger partial charge in [0.15, 0.2) is 0 Å². The zero-order valence-corrected chi connectivity index (χ0v) is 11.5. The van der Waals surface area contributed by atoms with Crippen LogP contribution < -0.4 is 11.1 Å². The van der Waals surface area contributed by atoms with E-state index in [2.05, 4.69) is 5.32 Å². The minimum Gasteiger partial charge on any atom is -0.352 e. The predicted molar refractivity (Wildman–Crippen MR) is 75.6 cm³/mol. The summed E-state index contributed by atoms with van der Waals surface area (Å²) < 4.78 is 0. The summed E-state index contributed by atoms with van der Waals surface area (Å²) in [6.07, 6.45) is 3.70. The number of nitrogens with two attached hydrogens (primary N) is 1. The fourth-order valence-electron chi connectivity index (χ4n) is 2.06. The molecule has 18 heavy (non-hydrogen) atoms. The van der Waals surface area contributed by atoms with Crippen LogP contribution in [0.25, 0.3) is 0 Å². The van der Waals surface area contributed by atoms with Gasteiger partial charge in [-0.2, -0.15) is 0 Å². The van der Waals surface area contributed by atoms with E-state index in [1.807, 2.05) is 37.3 Å². The van der Waals surface area contributed by atoms with E-state index in [0.717, 1.165) is 17.9 Å². The standard InChI is InChI=1S/C14H20N2O.ClH/c1-10(9-11-7-8-11)16-14(17)13(15)12-5-3-2-4-6-12;/h2-6,10-11,13H,7-9,15H2,1H3,(H,16,17);1H. The first-order chi connectivity index (χ1) is 8.16. The Labute approximate surface area is 115 Å². The van der Waals surface area contributed by atoms with Crippen molar-refractivity contribution < 1.29 is 4.79 Å². The van der Waals surface area contributed by atoms with Gasteiger partial charge in [-0.25, -0.2) is 0 Å². The number of hydrogen-bond acceptors (Lipinski definition) is 2. The molecule has 0 heterocycles. The third-order valence-corrected chi connectivity index (χ3v) is 3.21. The molecule has 0 bridgehead atoms. The third-order valence-electron chi connectivity index (χ3n) is 3.21. The summed E-state index contributed by atoms with van der Waals surface area (Å²) in [6.45, 7) is 2.05. The van der Waals surface area contributed by atoms with E-state index in [0.29, 0.717) is 0 Å². The quantitative estimate of drug-likeness (QED) is 0.862. The van der Waals surface area contributed by atoms with Gasteiger partial charge in [0.25, 0.3) is 0 Å². The second-order valence-electron chi connectivity index (χ2n) is 4.98. The number of rotatable bonds is 5. The zero-order chi connectivity index (χ0) is 12.3. The number of nitrogens with one attached hydrogen (secondary N) is 1. The first kappa shape index (κ1) is 15.0. The SMILES string of the molecule is CC(CC1CC1)NC(=O)C(N)c1ccccc1.Cl. The molecule has 1 aliphatic rings. The lowest BCUT2D eigenvalue weighted by molar-refractivity contribution is -0.123. The summed E-state index contributed by atoms with van der Waals surface area (Å²) in [7, 11) is 0. The van der Waals surface area contributed by atoms with Crippen LogP contribution in [-0.4, -0.2) is 11.9 Å². The van der Waals surface area contributed by atoms with Crippen LogP contribution in [0.4, 0.5) is 0 Å². The Morgan fingerprint density at radius 1 is 1.39 bits per heavy atom. The van der Waals surface area contributed by atoms with Gasteiger partial charge < -0.3 is 11.1 Å². The van der Waals surface area contributed by atoms with Crippen molar-refractivity contribution in [2.75, 3.05) is 0 Å². The van der Waals surface area contributed by atoms with Crippen molar-refractivity contribution in [1.29, 1.82) is 0 Å². The summed E-state index contributed by atoms with van der Waals surface area (Å²) in [5.74, 6) is 0.739. The van der Waals surface area contributed by atoms with Crippen LogP contribution in [0.3, 0.4) is 0 Å². The lowest BCUT2D eigenvalue weighted by Crippen LogP contribution is -2.39. The Bertz CT molecular complexity index is 379. The second kappa shape index (κ2) is 6.76. The molecule has 3 N–H and O–H groups in total. The molecule has 3 nitrogen and oxygen atoms in total. The summed E-state index contributed by atoms with van der Waals surface area (Å²) in [5, 5.41) is 2.99. The fourth-order valence-corrected chi connectivity index (χ4v) is 2.06. The maximum atomic E-state index is 11.9. The normalized spacial score (nSPS) is 17.4. The lowest BCUT2D eigenvalue weighted by Gasteiger charge is -2.17. The number of benzene rings is 1. The van der Waals surface area contributed by atoms with Crippen LogP contribution in [0.5, 0.6) is 0 Å². The molecule has 4 heteroatoms. The molecule has 1 saturated carbocycles. The molecule has 2 unspecified atom stereocenters. The van der Waals surface area contributed by atoms with Crippen molar-refractivity contribution in [3.8, 4) is 0 Å². The minimum atomic E-state index is -0.558. The molecule has 0 radical (unpaired) electrons. The highest BCUT2D eigenvalue weighted by Gasteiger charge is 2.25. The van der Waals surface area contributed by atoms with Crippen molar-refractivity contribution in [2.45, 2.75) is 38.3 Å². The van der Waals surface area contributed by atoms with E-state index >= 15 is 0 Å². The Balaban J connectivity index is 0.00000162. The summed E-state index contributed by atoms with van der Waals surface area (Å²) in [6, 6.07) is 9.16. The Morgan fingerprint density at radius 2 is 2.00 bits per heavy atom. The maximum absolute atomic E-state index is 11.9. The van der Waals surface area contributed by atoms with Gasteiger partial charge in [-0.3, -0.25) is 4.79 Å². The third kappa shape index (κ3) is 4.31. The molecule has 1 aromatic rings. The average Bonchev–Trinajstić information content (AvgIpc) is 3.12. The van der Waals surface area contributed by atoms with Crippen molar-refractivity contribution in [2.24, 2.45) is 11.7 Å². The number of halogens is 1. The van der Waals surface area contributed by atoms with Crippen molar-refractivity contribution in [3.63, 3.8) is 0 Å². The van der Waals surface area contributed by atoms with Crippen LogP contribution in [0.1, 0.15) is 37.8 Å². The number of carbonyl (C=O) groups excluding carboxylic acids is 1. The smallest absolute Gasteiger partial charge is 0.241 e. The Morgan fingerprint density at radius 3 is 2.56 bits per heavy atom. The van der Waals surface area contributed by atoms with E-state index in [9.17, 15) is 4.79 Å². The van der Waals surface area contributed by atoms with Crippen molar-refractivity contribution >= 4 is 18.3 Å². The lowest BCUT2D eigenvalue weighted by atomic mass is 10.1. The highest BCUT2D eigenvalue weighted by Crippen LogP contribution is 2.33. The molecular formula is C14H21ClN2O. The highest BCUT2D eigenvalue weighted by molar-refractivity contribution is 5.85. The maximum Gasteiger partial charge on any atom is 0.241 e. The summed E-state index contributed by atoms with van der Waals surface area (Å²) in [4.78, 5) is 11.9. The predicted octanol–water partition coefficient (Wildman–Crippen LogP) is 2.41. The number of carbonyl (C=O) groups is 1. The molecule has 0 aliphatic heterocycles. The van der Waals surface area contributed by atoms with E-state index in [4.69, 9.17) is 5.73 Å². The zero-order valence-electron chi connectivity index (χ0n) is 10.6. The minimum absolute atomic E-state index is 0. The van der Waals surface area contributed by atoms with Crippen LogP contribution in [0.2, 0.25) is 0 Å². The van der Waals surface area contributed by atoms with Crippen molar-refractivity contribution in [3.05, 3.63) is 35.9 Å². The Kier molecular flexibility index (Phi) is 5.63. The van der Waals surface area contributed by atoms with Crippen LogP contribution in [0, 0.1) is 5.92 Å². The molecule has 2 atom stereocenters. The second-order valence-corrected chi connectivity index (χ2v) is 4.98. The first-order valence-corrected chi connectivity index (χ1v) is 6.27. The van der Waals surface area contributed by atoms with Gasteiger partial charge in [-0.05, 0) is 24.8 Å². The molecular weight excluding hydrogens is 248 g/mol. The van der Waals surface area contributed by atoms with Crippen LogP contribution >= 0.6 is 12.4 Å². The fraction of sp³-hybridized carbons (Fsp3) is 0.500. The van der Waals surface area contributed by atoms with E-state index in [-0.39, 0.29) is 24.4 Å². The van der Waals surface area contributed by atoms with Gasteiger partial charge in [0.2, 0.25) is 5.91 Å². The van der Waals surface area contributed by atoms with Crippen molar-refractivity contribution in [1.82, 2.24) is 5.32 Å². The molecule has 1 amide bonds.